The van der Waals surface area contributed by atoms with Gasteiger partial charge >= 0.3 is 5.97 Å². The Kier molecular flexibility index (Phi) is 3.52. The number of nitrogens with one attached hydrogen (secondary N) is 1. The number of amides is 1. The van der Waals surface area contributed by atoms with Gasteiger partial charge in [-0.1, -0.05) is 12.2 Å². The van der Waals surface area contributed by atoms with Crippen LogP contribution in [0.2, 0.25) is 0 Å². The molecule has 0 spiro atoms. The molecule has 2 fully saturated rings. The molecule has 6 nitrogen and oxygen atoms in total. The standard InChI is InChI=1S/C14H19NO5/c1-7(8-3-2-6-19-8)15-13(16)11-9-4-5-10(20-9)12(11)14(17)18/h4-5,7-12H,2-3,6H2,1H3,(H,15,16)(H,17,18)/t7-,8-,9+,10+,11+,12-/m0/s1. The Morgan fingerprint density at radius 3 is 2.60 bits per heavy atom. The summed E-state index contributed by atoms with van der Waals surface area (Å²) in [5.74, 6) is -2.67. The summed E-state index contributed by atoms with van der Waals surface area (Å²) in [5, 5.41) is 12.2. The fourth-order valence-electron chi connectivity index (χ4n) is 3.33. The van der Waals surface area contributed by atoms with Crippen molar-refractivity contribution in [2.75, 3.05) is 6.61 Å². The van der Waals surface area contributed by atoms with Crippen molar-refractivity contribution in [1.29, 1.82) is 0 Å². The molecule has 2 saturated heterocycles. The van der Waals surface area contributed by atoms with Gasteiger partial charge in [-0.25, -0.2) is 0 Å². The summed E-state index contributed by atoms with van der Waals surface area (Å²) in [7, 11) is 0. The first-order chi connectivity index (χ1) is 9.58. The van der Waals surface area contributed by atoms with Crippen LogP contribution in [-0.4, -0.2) is 47.9 Å². The predicted octanol–water partition coefficient (Wildman–Crippen LogP) is 0.324. The van der Waals surface area contributed by atoms with E-state index >= 15 is 0 Å². The van der Waals surface area contributed by atoms with Crippen molar-refractivity contribution in [1.82, 2.24) is 5.32 Å². The number of fused-ring (bicyclic) bond motifs is 2. The SMILES string of the molecule is C[C@H](NC(=O)[C@H]1[C@@H](C(=O)O)[C@H]2C=C[C@H]1O2)[C@@H]1CCCO1. The number of hydrogen-bond donors (Lipinski definition) is 2. The number of carbonyl (C=O) groups excluding carboxylic acids is 1. The first-order valence-electron chi connectivity index (χ1n) is 7.06. The zero-order valence-electron chi connectivity index (χ0n) is 11.3. The van der Waals surface area contributed by atoms with E-state index in [9.17, 15) is 14.7 Å². The molecule has 20 heavy (non-hydrogen) atoms. The number of rotatable bonds is 4. The van der Waals surface area contributed by atoms with Gasteiger partial charge in [-0.15, -0.1) is 0 Å². The summed E-state index contributed by atoms with van der Waals surface area (Å²) in [4.78, 5) is 23.7. The Balaban J connectivity index is 1.67. The van der Waals surface area contributed by atoms with Crippen molar-refractivity contribution in [3.05, 3.63) is 12.2 Å². The van der Waals surface area contributed by atoms with Gasteiger partial charge in [0.15, 0.2) is 0 Å². The Bertz CT molecular complexity index is 443. The summed E-state index contributed by atoms with van der Waals surface area (Å²) in [6, 6.07) is -0.109. The topological polar surface area (TPSA) is 84.9 Å². The van der Waals surface area contributed by atoms with Gasteiger partial charge in [0.05, 0.1) is 30.3 Å². The van der Waals surface area contributed by atoms with Crippen LogP contribution in [0, 0.1) is 11.8 Å². The molecule has 2 N–H and O–H groups in total. The van der Waals surface area contributed by atoms with Crippen LogP contribution in [0.4, 0.5) is 0 Å². The number of carboxylic acids is 1. The van der Waals surface area contributed by atoms with E-state index in [-0.39, 0.29) is 18.1 Å². The van der Waals surface area contributed by atoms with Crippen LogP contribution >= 0.6 is 0 Å². The number of carboxylic acid groups (broad SMARTS) is 1. The normalized spacial score (nSPS) is 40.0. The largest absolute Gasteiger partial charge is 0.481 e. The third-order valence-electron chi connectivity index (χ3n) is 4.38. The van der Waals surface area contributed by atoms with Crippen molar-refractivity contribution in [2.45, 2.75) is 44.1 Å². The molecule has 3 aliphatic heterocycles. The van der Waals surface area contributed by atoms with Crippen LogP contribution in [0.25, 0.3) is 0 Å². The quantitative estimate of drug-likeness (QED) is 0.725. The Morgan fingerprint density at radius 2 is 2.00 bits per heavy atom. The highest BCUT2D eigenvalue weighted by Gasteiger charge is 2.53. The van der Waals surface area contributed by atoms with Crippen LogP contribution in [0.5, 0.6) is 0 Å². The minimum absolute atomic E-state index is 0.0253. The predicted molar refractivity (Wildman–Crippen MR) is 69.0 cm³/mol. The molecule has 6 heteroatoms. The van der Waals surface area contributed by atoms with Crippen LogP contribution < -0.4 is 5.32 Å². The summed E-state index contributed by atoms with van der Waals surface area (Å²) in [6.45, 7) is 2.62. The average molecular weight is 281 g/mol. The number of aliphatic carboxylic acids is 1. The molecule has 110 valence electrons. The second-order valence-electron chi connectivity index (χ2n) is 5.69. The van der Waals surface area contributed by atoms with Crippen LogP contribution in [-0.2, 0) is 19.1 Å². The lowest BCUT2D eigenvalue weighted by Crippen LogP contribution is -2.48. The Labute approximate surface area is 117 Å². The second kappa shape index (κ2) is 5.18. The van der Waals surface area contributed by atoms with Gasteiger partial charge < -0.3 is 19.9 Å². The smallest absolute Gasteiger partial charge is 0.310 e. The first-order valence-corrected chi connectivity index (χ1v) is 7.06. The van der Waals surface area contributed by atoms with E-state index in [1.165, 1.54) is 0 Å². The number of carbonyl (C=O) groups is 2. The molecule has 0 aromatic carbocycles. The zero-order valence-corrected chi connectivity index (χ0v) is 11.3. The van der Waals surface area contributed by atoms with Crippen molar-refractivity contribution in [3.63, 3.8) is 0 Å². The van der Waals surface area contributed by atoms with Crippen molar-refractivity contribution >= 4 is 11.9 Å². The lowest BCUT2D eigenvalue weighted by molar-refractivity contribution is -0.147. The molecule has 1 amide bonds. The summed E-state index contributed by atoms with van der Waals surface area (Å²) < 4.78 is 11.0. The molecule has 0 unspecified atom stereocenters. The number of ether oxygens (including phenoxy) is 2. The lowest BCUT2D eigenvalue weighted by Gasteiger charge is -2.25. The molecular formula is C14H19NO5. The van der Waals surface area contributed by atoms with E-state index in [1.807, 2.05) is 6.92 Å². The van der Waals surface area contributed by atoms with E-state index in [0.717, 1.165) is 19.4 Å². The highest BCUT2D eigenvalue weighted by Crippen LogP contribution is 2.39. The summed E-state index contributed by atoms with van der Waals surface area (Å²) >= 11 is 0. The minimum Gasteiger partial charge on any atom is -0.481 e. The maximum Gasteiger partial charge on any atom is 0.310 e. The first kappa shape index (κ1) is 13.6. The minimum atomic E-state index is -0.980. The van der Waals surface area contributed by atoms with E-state index in [4.69, 9.17) is 9.47 Å². The molecular weight excluding hydrogens is 262 g/mol. The third kappa shape index (κ3) is 2.23. The van der Waals surface area contributed by atoms with Gasteiger partial charge in [-0.05, 0) is 19.8 Å². The fraction of sp³-hybridized carbons (Fsp3) is 0.714. The van der Waals surface area contributed by atoms with E-state index in [0.29, 0.717) is 0 Å². The molecule has 0 aromatic heterocycles. The van der Waals surface area contributed by atoms with Crippen molar-refractivity contribution in [2.24, 2.45) is 11.8 Å². The van der Waals surface area contributed by atoms with Gasteiger partial charge in [0.25, 0.3) is 0 Å². The maximum absolute atomic E-state index is 12.4. The van der Waals surface area contributed by atoms with Gasteiger partial charge in [0.2, 0.25) is 5.91 Å². The average Bonchev–Trinajstić information content (AvgIpc) is 3.13. The van der Waals surface area contributed by atoms with Gasteiger partial charge in [-0.2, -0.15) is 0 Å². The second-order valence-corrected chi connectivity index (χ2v) is 5.69. The molecule has 0 aliphatic carbocycles. The third-order valence-corrected chi connectivity index (χ3v) is 4.38. The Hall–Kier alpha value is -1.40. The molecule has 6 atom stereocenters. The Morgan fingerprint density at radius 1 is 1.30 bits per heavy atom. The molecule has 3 aliphatic rings. The van der Waals surface area contributed by atoms with Gasteiger partial charge in [0.1, 0.15) is 5.92 Å². The van der Waals surface area contributed by atoms with Crippen molar-refractivity contribution in [3.8, 4) is 0 Å². The fourth-order valence-corrected chi connectivity index (χ4v) is 3.33. The van der Waals surface area contributed by atoms with Gasteiger partial charge in [-0.3, -0.25) is 9.59 Å². The highest BCUT2D eigenvalue weighted by molar-refractivity contribution is 5.87. The zero-order chi connectivity index (χ0) is 14.3. The summed E-state index contributed by atoms with van der Waals surface area (Å²) in [6.07, 6.45) is 4.57. The molecule has 0 saturated carbocycles. The monoisotopic (exact) mass is 281 g/mol. The summed E-state index contributed by atoms with van der Waals surface area (Å²) in [5.41, 5.74) is 0. The molecule has 2 bridgehead atoms. The van der Waals surface area contributed by atoms with Crippen LogP contribution in [0.15, 0.2) is 12.2 Å². The number of hydrogen-bond acceptors (Lipinski definition) is 4. The molecule has 3 heterocycles. The van der Waals surface area contributed by atoms with Crippen molar-refractivity contribution < 1.29 is 24.2 Å². The highest BCUT2D eigenvalue weighted by atomic mass is 16.5. The van der Waals surface area contributed by atoms with Crippen LogP contribution in [0.1, 0.15) is 19.8 Å². The van der Waals surface area contributed by atoms with Crippen LogP contribution in [0.3, 0.4) is 0 Å². The molecule has 0 aromatic rings. The molecule has 0 radical (unpaired) electrons. The van der Waals surface area contributed by atoms with E-state index < -0.39 is 30.0 Å². The van der Waals surface area contributed by atoms with E-state index in [2.05, 4.69) is 5.32 Å². The maximum atomic E-state index is 12.4. The van der Waals surface area contributed by atoms with Gasteiger partial charge in [0, 0.05) is 6.61 Å². The molecule has 3 rings (SSSR count). The lowest BCUT2D eigenvalue weighted by atomic mass is 9.82. The van der Waals surface area contributed by atoms with E-state index in [1.54, 1.807) is 12.2 Å².